The van der Waals surface area contributed by atoms with Crippen molar-refractivity contribution < 1.29 is 0 Å². The van der Waals surface area contributed by atoms with Crippen LogP contribution in [0.5, 0.6) is 0 Å². The van der Waals surface area contributed by atoms with Gasteiger partial charge in [0.1, 0.15) is 0 Å². The molecule has 0 aliphatic carbocycles. The molecule has 0 aromatic heterocycles. The second-order valence-corrected chi connectivity index (χ2v) is 0.441. The van der Waals surface area contributed by atoms with Crippen LogP contribution in [0.25, 0.3) is 0 Å². The summed E-state index contributed by atoms with van der Waals surface area (Å²) in [7, 11) is 1.69. The molecular formula is C3H6N. The smallest absolute Gasteiger partial charge is 0.0276 e. The minimum atomic E-state index is 1.50. The SMILES string of the molecule is C=C[N]C. The maximum absolute atomic E-state index is 3.50. The second-order valence-electron chi connectivity index (χ2n) is 0.441. The first kappa shape index (κ1) is 3.54. The van der Waals surface area contributed by atoms with Crippen LogP contribution in [0.2, 0.25) is 0 Å². The summed E-state index contributed by atoms with van der Waals surface area (Å²) in [6.07, 6.45) is 1.50. The molecule has 0 aromatic carbocycles. The molecule has 0 amide bonds. The molecular weight excluding hydrogens is 50.0 g/mol. The standard InChI is InChI=1S/C3H6N/c1-3-4-2/h3H,1H2,2H3. The zero-order chi connectivity index (χ0) is 3.41. The van der Waals surface area contributed by atoms with Crippen LogP contribution in [-0.2, 0) is 0 Å². The van der Waals surface area contributed by atoms with Crippen molar-refractivity contribution in [1.82, 2.24) is 5.32 Å². The zero-order valence-electron chi connectivity index (χ0n) is 2.73. The van der Waals surface area contributed by atoms with Crippen LogP contribution >= 0.6 is 0 Å². The minimum absolute atomic E-state index is 1.50. The fraction of sp³-hybridized carbons (Fsp3) is 0.333. The van der Waals surface area contributed by atoms with E-state index in [0.717, 1.165) is 0 Å². The fourth-order valence-electron chi connectivity index (χ4n) is 0. The van der Waals surface area contributed by atoms with Gasteiger partial charge in [-0.05, 0) is 0 Å². The van der Waals surface area contributed by atoms with Crippen LogP contribution in [-0.4, -0.2) is 7.05 Å². The average Bonchev–Trinajstić information content (AvgIpc) is 1.37. The Kier molecular flexibility index (Phi) is 2.25. The van der Waals surface area contributed by atoms with E-state index in [1.54, 1.807) is 7.05 Å². The van der Waals surface area contributed by atoms with E-state index in [4.69, 9.17) is 0 Å². The van der Waals surface area contributed by atoms with Crippen molar-refractivity contribution in [3.05, 3.63) is 12.8 Å². The second kappa shape index (κ2) is 2.54. The average molecular weight is 56.1 g/mol. The summed E-state index contributed by atoms with van der Waals surface area (Å²) < 4.78 is 0. The lowest BCUT2D eigenvalue weighted by atomic mass is 11.0. The van der Waals surface area contributed by atoms with Crippen molar-refractivity contribution >= 4 is 0 Å². The van der Waals surface area contributed by atoms with Crippen molar-refractivity contribution in [2.45, 2.75) is 0 Å². The third kappa shape index (κ3) is 1.54. The highest BCUT2D eigenvalue weighted by Gasteiger charge is 1.40. The summed E-state index contributed by atoms with van der Waals surface area (Å²) >= 11 is 0. The number of nitrogens with zero attached hydrogens (tertiary/aromatic N) is 1. The first-order valence-electron chi connectivity index (χ1n) is 1.11. The summed E-state index contributed by atoms with van der Waals surface area (Å²) in [5, 5.41) is 3.50. The minimum Gasteiger partial charge on any atom is -0.297 e. The maximum atomic E-state index is 3.50. The molecule has 0 saturated carbocycles. The Morgan fingerprint density at radius 1 is 2.00 bits per heavy atom. The van der Waals surface area contributed by atoms with Gasteiger partial charge < -0.3 is 0 Å². The largest absolute Gasteiger partial charge is 0.297 e. The summed E-state index contributed by atoms with van der Waals surface area (Å²) in [6, 6.07) is 0. The Bertz CT molecular complexity index is 17.2. The van der Waals surface area contributed by atoms with E-state index >= 15 is 0 Å². The van der Waals surface area contributed by atoms with Crippen LogP contribution in [0.3, 0.4) is 0 Å². The van der Waals surface area contributed by atoms with Gasteiger partial charge >= 0.3 is 0 Å². The van der Waals surface area contributed by atoms with Gasteiger partial charge in [-0.2, -0.15) is 0 Å². The van der Waals surface area contributed by atoms with E-state index in [2.05, 4.69) is 11.9 Å². The van der Waals surface area contributed by atoms with Gasteiger partial charge in [-0.25, -0.2) is 0 Å². The monoisotopic (exact) mass is 56.1 g/mol. The van der Waals surface area contributed by atoms with Crippen LogP contribution in [0.4, 0.5) is 0 Å². The molecule has 0 spiro atoms. The first-order chi connectivity index (χ1) is 1.91. The van der Waals surface area contributed by atoms with Gasteiger partial charge in [-0.15, -0.1) is 0 Å². The first-order valence-corrected chi connectivity index (χ1v) is 1.11. The molecule has 0 unspecified atom stereocenters. The molecule has 1 nitrogen and oxygen atoms in total. The molecule has 0 N–H and O–H groups in total. The molecule has 0 aliphatic rings. The van der Waals surface area contributed by atoms with Gasteiger partial charge in [0.05, 0.1) is 0 Å². The lowest BCUT2D eigenvalue weighted by Crippen LogP contribution is -1.74. The van der Waals surface area contributed by atoms with E-state index < -0.39 is 0 Å². The van der Waals surface area contributed by atoms with E-state index in [9.17, 15) is 0 Å². The molecule has 0 rings (SSSR count). The van der Waals surface area contributed by atoms with E-state index in [1.165, 1.54) is 6.20 Å². The lowest BCUT2D eigenvalue weighted by molar-refractivity contribution is 1.09. The van der Waals surface area contributed by atoms with Gasteiger partial charge in [-0.3, -0.25) is 5.32 Å². The van der Waals surface area contributed by atoms with Gasteiger partial charge in [-0.1, -0.05) is 6.58 Å². The van der Waals surface area contributed by atoms with Gasteiger partial charge in [0.15, 0.2) is 0 Å². The maximum Gasteiger partial charge on any atom is 0.0276 e. The highest BCUT2D eigenvalue weighted by atomic mass is 14.8. The number of rotatable bonds is 1. The molecule has 0 saturated heterocycles. The van der Waals surface area contributed by atoms with Crippen LogP contribution in [0.15, 0.2) is 12.8 Å². The molecule has 0 aliphatic heterocycles. The van der Waals surface area contributed by atoms with E-state index in [1.807, 2.05) is 0 Å². The number of hydrogen-bond acceptors (Lipinski definition) is 0. The molecule has 1 heteroatoms. The van der Waals surface area contributed by atoms with Crippen LogP contribution < -0.4 is 5.32 Å². The highest BCUT2D eigenvalue weighted by molar-refractivity contribution is 4.54. The molecule has 0 aromatic rings. The Morgan fingerprint density at radius 2 is 2.25 bits per heavy atom. The summed E-state index contributed by atoms with van der Waals surface area (Å²) in [5.74, 6) is 0. The third-order valence-electron chi connectivity index (χ3n) is 0.183. The third-order valence-corrected chi connectivity index (χ3v) is 0.183. The van der Waals surface area contributed by atoms with Gasteiger partial charge in [0.2, 0.25) is 0 Å². The molecule has 4 heavy (non-hydrogen) atoms. The highest BCUT2D eigenvalue weighted by Crippen LogP contribution is 1.38. The molecule has 0 atom stereocenters. The molecule has 23 valence electrons. The van der Waals surface area contributed by atoms with Crippen molar-refractivity contribution in [1.29, 1.82) is 0 Å². The topological polar surface area (TPSA) is 14.1 Å². The van der Waals surface area contributed by atoms with Crippen molar-refractivity contribution in [3.63, 3.8) is 0 Å². The predicted octanol–water partition coefficient (Wildman–Crippen LogP) is 0.364. The summed E-state index contributed by atoms with van der Waals surface area (Å²) in [6.45, 7) is 3.31. The normalized spacial score (nSPS) is 5.25. The number of hydrogen-bond donors (Lipinski definition) is 0. The Hall–Kier alpha value is -0.460. The Labute approximate surface area is 26.3 Å². The van der Waals surface area contributed by atoms with Crippen molar-refractivity contribution in [2.24, 2.45) is 0 Å². The van der Waals surface area contributed by atoms with Gasteiger partial charge in [0, 0.05) is 13.2 Å². The van der Waals surface area contributed by atoms with Gasteiger partial charge in [0.25, 0.3) is 0 Å². The van der Waals surface area contributed by atoms with E-state index in [0.29, 0.717) is 0 Å². The summed E-state index contributed by atoms with van der Waals surface area (Å²) in [5.41, 5.74) is 0. The zero-order valence-corrected chi connectivity index (χ0v) is 2.73. The Morgan fingerprint density at radius 3 is 2.25 bits per heavy atom. The predicted molar refractivity (Wildman–Crippen MR) is 18.3 cm³/mol. The van der Waals surface area contributed by atoms with Crippen molar-refractivity contribution in [2.75, 3.05) is 7.05 Å². The molecule has 1 radical (unpaired) electrons. The molecule has 0 fully saturated rings. The Balaban J connectivity index is 2.30. The molecule has 0 bridgehead atoms. The van der Waals surface area contributed by atoms with Crippen LogP contribution in [0, 0.1) is 0 Å². The van der Waals surface area contributed by atoms with Crippen molar-refractivity contribution in [3.8, 4) is 0 Å². The van der Waals surface area contributed by atoms with Crippen LogP contribution in [0.1, 0.15) is 0 Å². The quantitative estimate of drug-likeness (QED) is 0.412. The fourth-order valence-corrected chi connectivity index (χ4v) is 0. The van der Waals surface area contributed by atoms with E-state index in [-0.39, 0.29) is 0 Å². The lowest BCUT2D eigenvalue weighted by Gasteiger charge is -1.64. The molecule has 0 heterocycles. The summed E-state index contributed by atoms with van der Waals surface area (Å²) in [4.78, 5) is 0.